The predicted molar refractivity (Wildman–Crippen MR) is 50.0 cm³/mol. The van der Waals surface area contributed by atoms with Crippen LogP contribution >= 0.6 is 0 Å². The van der Waals surface area contributed by atoms with E-state index in [4.69, 9.17) is 10.4 Å². The molecule has 0 aliphatic rings. The summed E-state index contributed by atoms with van der Waals surface area (Å²) in [6.07, 6.45) is -2.42. The van der Waals surface area contributed by atoms with Gasteiger partial charge in [0.1, 0.15) is 6.07 Å². The van der Waals surface area contributed by atoms with E-state index >= 15 is 0 Å². The summed E-state index contributed by atoms with van der Waals surface area (Å²) in [5, 5.41) is 17.3. The van der Waals surface area contributed by atoms with Gasteiger partial charge < -0.3 is 5.11 Å². The highest BCUT2D eigenvalue weighted by atomic mass is 19.3. The molecule has 0 atom stereocenters. The van der Waals surface area contributed by atoms with E-state index < -0.39 is 24.4 Å². The van der Waals surface area contributed by atoms with Gasteiger partial charge in [-0.3, -0.25) is 9.78 Å². The van der Waals surface area contributed by atoms with Crippen molar-refractivity contribution in [3.63, 3.8) is 0 Å². The number of alkyl halides is 2. The molecule has 0 aromatic carbocycles. The van der Waals surface area contributed by atoms with Crippen LogP contribution in [0.1, 0.15) is 28.8 Å². The Morgan fingerprint density at radius 2 is 2.31 bits per heavy atom. The molecule has 1 rings (SSSR count). The Balaban J connectivity index is 3.43. The van der Waals surface area contributed by atoms with Crippen LogP contribution < -0.4 is 0 Å². The lowest BCUT2D eigenvalue weighted by Crippen LogP contribution is -2.09. The van der Waals surface area contributed by atoms with Gasteiger partial charge in [0.15, 0.2) is 0 Å². The average molecular weight is 226 g/mol. The van der Waals surface area contributed by atoms with Crippen molar-refractivity contribution in [2.75, 3.05) is 0 Å². The molecule has 1 aromatic rings. The Kier molecular flexibility index (Phi) is 3.51. The lowest BCUT2D eigenvalue weighted by molar-refractivity contribution is -0.136. The number of halogens is 2. The highest BCUT2D eigenvalue weighted by molar-refractivity contribution is 5.71. The molecule has 0 aliphatic carbocycles. The van der Waals surface area contributed by atoms with Gasteiger partial charge in [0, 0.05) is 17.5 Å². The zero-order valence-corrected chi connectivity index (χ0v) is 8.37. The van der Waals surface area contributed by atoms with Crippen LogP contribution in [0, 0.1) is 18.3 Å². The molecule has 0 spiro atoms. The number of carboxylic acids is 1. The largest absolute Gasteiger partial charge is 0.481 e. The third-order valence-electron chi connectivity index (χ3n) is 2.11. The molecule has 1 aromatic heterocycles. The third kappa shape index (κ3) is 2.31. The molecule has 0 saturated carbocycles. The number of aliphatic carboxylic acids is 1. The summed E-state index contributed by atoms with van der Waals surface area (Å²) in [6, 6.07) is 1.58. The van der Waals surface area contributed by atoms with Crippen molar-refractivity contribution in [1.82, 2.24) is 4.98 Å². The quantitative estimate of drug-likeness (QED) is 0.853. The summed E-state index contributed by atoms with van der Waals surface area (Å²) >= 11 is 0. The van der Waals surface area contributed by atoms with Gasteiger partial charge in [-0.25, -0.2) is 8.78 Å². The fourth-order valence-corrected chi connectivity index (χ4v) is 1.38. The summed E-state index contributed by atoms with van der Waals surface area (Å²) in [6.45, 7) is 1.44. The molecule has 0 saturated heterocycles. The predicted octanol–water partition coefficient (Wildman–Crippen LogP) is 1.83. The number of aromatic nitrogens is 1. The maximum atomic E-state index is 12.7. The van der Waals surface area contributed by atoms with Crippen molar-refractivity contribution in [2.45, 2.75) is 19.8 Å². The standard InChI is InChI=1S/C10H8F2N2O2/c1-5-7(2-8(15)16)9(10(11)12)6(3-13)4-14-5/h4,10H,2H2,1H3,(H,15,16). The minimum Gasteiger partial charge on any atom is -0.481 e. The van der Waals surface area contributed by atoms with E-state index in [0.29, 0.717) is 0 Å². The third-order valence-corrected chi connectivity index (χ3v) is 2.11. The topological polar surface area (TPSA) is 74.0 Å². The van der Waals surface area contributed by atoms with Crippen LogP contribution in [0.2, 0.25) is 0 Å². The molecule has 84 valence electrons. The highest BCUT2D eigenvalue weighted by Gasteiger charge is 2.22. The molecule has 0 fully saturated rings. The number of hydrogen-bond donors (Lipinski definition) is 1. The molecular weight excluding hydrogens is 218 g/mol. The molecule has 0 unspecified atom stereocenters. The van der Waals surface area contributed by atoms with Gasteiger partial charge in [-0.2, -0.15) is 5.26 Å². The van der Waals surface area contributed by atoms with E-state index in [1.807, 2.05) is 0 Å². The zero-order valence-electron chi connectivity index (χ0n) is 8.37. The average Bonchev–Trinajstić information content (AvgIpc) is 2.19. The van der Waals surface area contributed by atoms with E-state index in [9.17, 15) is 13.6 Å². The smallest absolute Gasteiger partial charge is 0.307 e. The van der Waals surface area contributed by atoms with Crippen molar-refractivity contribution in [3.8, 4) is 6.07 Å². The fourth-order valence-electron chi connectivity index (χ4n) is 1.38. The Morgan fingerprint density at radius 3 is 2.75 bits per heavy atom. The summed E-state index contributed by atoms with van der Waals surface area (Å²) < 4.78 is 25.5. The fraction of sp³-hybridized carbons (Fsp3) is 0.300. The van der Waals surface area contributed by atoms with Crippen molar-refractivity contribution < 1.29 is 18.7 Å². The van der Waals surface area contributed by atoms with Gasteiger partial charge in [0.05, 0.1) is 12.0 Å². The summed E-state index contributed by atoms with van der Waals surface area (Å²) in [4.78, 5) is 14.3. The summed E-state index contributed by atoms with van der Waals surface area (Å²) in [5.74, 6) is -1.23. The Hall–Kier alpha value is -2.03. The van der Waals surface area contributed by atoms with Crippen molar-refractivity contribution in [2.24, 2.45) is 0 Å². The first-order chi connectivity index (χ1) is 7.47. The van der Waals surface area contributed by atoms with E-state index in [1.54, 1.807) is 6.07 Å². The molecule has 0 radical (unpaired) electrons. The molecule has 1 N–H and O–H groups in total. The van der Waals surface area contributed by atoms with Crippen LogP contribution in [0.15, 0.2) is 6.20 Å². The van der Waals surface area contributed by atoms with Crippen molar-refractivity contribution in [3.05, 3.63) is 28.6 Å². The lowest BCUT2D eigenvalue weighted by atomic mass is 10.00. The van der Waals surface area contributed by atoms with Crippen LogP contribution in [-0.4, -0.2) is 16.1 Å². The van der Waals surface area contributed by atoms with Crippen molar-refractivity contribution >= 4 is 5.97 Å². The maximum absolute atomic E-state index is 12.7. The molecule has 0 amide bonds. The van der Waals surface area contributed by atoms with E-state index in [-0.39, 0.29) is 16.8 Å². The van der Waals surface area contributed by atoms with Crippen LogP contribution in [0.4, 0.5) is 8.78 Å². The maximum Gasteiger partial charge on any atom is 0.307 e. The second-order valence-corrected chi connectivity index (χ2v) is 3.13. The number of nitrogens with zero attached hydrogens (tertiary/aromatic N) is 2. The van der Waals surface area contributed by atoms with Gasteiger partial charge in [0.2, 0.25) is 0 Å². The minimum atomic E-state index is -2.88. The monoisotopic (exact) mass is 226 g/mol. The van der Waals surface area contributed by atoms with Crippen LogP contribution in [0.3, 0.4) is 0 Å². The molecular formula is C10H8F2N2O2. The Labute approximate surface area is 90.2 Å². The normalized spacial score (nSPS) is 10.2. The first-order valence-electron chi connectivity index (χ1n) is 4.35. The number of hydrogen-bond acceptors (Lipinski definition) is 3. The summed E-state index contributed by atoms with van der Waals surface area (Å²) in [7, 11) is 0. The van der Waals surface area contributed by atoms with Crippen molar-refractivity contribution in [1.29, 1.82) is 5.26 Å². The first-order valence-corrected chi connectivity index (χ1v) is 4.35. The molecule has 1 heterocycles. The Bertz CT molecular complexity index is 467. The molecule has 6 heteroatoms. The van der Waals surface area contributed by atoms with E-state index in [2.05, 4.69) is 4.98 Å². The number of carboxylic acid groups (broad SMARTS) is 1. The first kappa shape index (κ1) is 12.0. The number of aryl methyl sites for hydroxylation is 1. The second kappa shape index (κ2) is 4.66. The molecule has 16 heavy (non-hydrogen) atoms. The molecule has 4 nitrogen and oxygen atoms in total. The SMILES string of the molecule is Cc1ncc(C#N)c(C(F)F)c1CC(=O)O. The number of nitriles is 1. The highest BCUT2D eigenvalue weighted by Crippen LogP contribution is 2.28. The van der Waals surface area contributed by atoms with Crippen LogP contribution in [0.5, 0.6) is 0 Å². The van der Waals surface area contributed by atoms with Gasteiger partial charge in [-0.1, -0.05) is 0 Å². The molecule has 0 aliphatic heterocycles. The second-order valence-electron chi connectivity index (χ2n) is 3.13. The van der Waals surface area contributed by atoms with Gasteiger partial charge >= 0.3 is 5.97 Å². The van der Waals surface area contributed by atoms with E-state index in [1.165, 1.54) is 6.92 Å². The number of rotatable bonds is 3. The lowest BCUT2D eigenvalue weighted by Gasteiger charge is -2.10. The number of pyridine rings is 1. The van der Waals surface area contributed by atoms with Crippen LogP contribution in [0.25, 0.3) is 0 Å². The van der Waals surface area contributed by atoms with Gasteiger partial charge in [0.25, 0.3) is 6.43 Å². The molecule has 0 bridgehead atoms. The summed E-state index contributed by atoms with van der Waals surface area (Å²) in [5.41, 5.74) is -0.687. The zero-order chi connectivity index (χ0) is 12.3. The minimum absolute atomic E-state index is 0.0819. The van der Waals surface area contributed by atoms with Crippen LogP contribution in [-0.2, 0) is 11.2 Å². The Morgan fingerprint density at radius 1 is 1.69 bits per heavy atom. The number of carbonyl (C=O) groups is 1. The van der Waals surface area contributed by atoms with Gasteiger partial charge in [-0.05, 0) is 12.5 Å². The van der Waals surface area contributed by atoms with E-state index in [0.717, 1.165) is 6.20 Å². The van der Waals surface area contributed by atoms with Gasteiger partial charge in [-0.15, -0.1) is 0 Å².